The first-order chi connectivity index (χ1) is 6.93. The van der Waals surface area contributed by atoms with E-state index in [1.165, 1.54) is 0 Å². The van der Waals surface area contributed by atoms with Gasteiger partial charge in [-0.25, -0.2) is 0 Å². The molecule has 0 saturated heterocycles. The second-order valence-corrected chi connectivity index (χ2v) is 4.20. The monoisotopic (exact) mass is 209 g/mol. The Bertz CT molecular complexity index is 335. The molecule has 84 valence electrons. The van der Waals surface area contributed by atoms with Gasteiger partial charge < -0.3 is 5.73 Å². The highest BCUT2D eigenvalue weighted by Gasteiger charge is 2.17. The molecule has 1 rings (SSSR count). The molecule has 1 heterocycles. The van der Waals surface area contributed by atoms with Crippen LogP contribution in [0.5, 0.6) is 0 Å². The average Bonchev–Trinajstić information content (AvgIpc) is 2.47. The molecule has 0 aromatic carbocycles. The van der Waals surface area contributed by atoms with Crippen molar-refractivity contribution in [3.63, 3.8) is 0 Å². The molecule has 0 aliphatic heterocycles. The normalized spacial score (nSPS) is 12.9. The molecule has 0 radical (unpaired) electrons. The molecule has 15 heavy (non-hydrogen) atoms. The van der Waals surface area contributed by atoms with Gasteiger partial charge in [0.05, 0.1) is 6.04 Å². The lowest BCUT2D eigenvalue weighted by atomic mass is 10.1. The van der Waals surface area contributed by atoms with E-state index < -0.39 is 6.04 Å². The summed E-state index contributed by atoms with van der Waals surface area (Å²) < 4.78 is 1.75. The Labute approximate surface area is 90.4 Å². The smallest absolute Gasteiger partial charge is 0.255 e. The Morgan fingerprint density at radius 2 is 1.80 bits per heavy atom. The van der Waals surface area contributed by atoms with Crippen molar-refractivity contribution in [2.24, 2.45) is 11.7 Å². The number of nitrogens with zero attached hydrogens (tertiary/aromatic N) is 1. The summed E-state index contributed by atoms with van der Waals surface area (Å²) in [6.45, 7) is 7.74. The summed E-state index contributed by atoms with van der Waals surface area (Å²) in [4.78, 5) is 11.7. The minimum Gasteiger partial charge on any atom is -0.320 e. The van der Waals surface area contributed by atoms with E-state index in [1.54, 1.807) is 4.68 Å². The topological polar surface area (TPSA) is 60.0 Å². The van der Waals surface area contributed by atoms with Gasteiger partial charge in [0.2, 0.25) is 0 Å². The molecule has 0 aliphatic rings. The maximum absolute atomic E-state index is 11.7. The maximum atomic E-state index is 11.7. The zero-order valence-electron chi connectivity index (χ0n) is 9.74. The van der Waals surface area contributed by atoms with Crippen LogP contribution in [0.1, 0.15) is 25.2 Å². The van der Waals surface area contributed by atoms with Gasteiger partial charge in [-0.2, -0.15) is 0 Å². The van der Waals surface area contributed by atoms with E-state index in [0.29, 0.717) is 0 Å². The number of aryl methyl sites for hydroxylation is 2. The molecule has 0 fully saturated rings. The second-order valence-electron chi connectivity index (χ2n) is 4.20. The van der Waals surface area contributed by atoms with Gasteiger partial charge in [-0.3, -0.25) is 14.9 Å². The van der Waals surface area contributed by atoms with Crippen molar-refractivity contribution in [2.45, 2.75) is 33.7 Å². The predicted molar refractivity (Wildman–Crippen MR) is 61.1 cm³/mol. The first kappa shape index (κ1) is 11.8. The zero-order valence-corrected chi connectivity index (χ0v) is 9.74. The van der Waals surface area contributed by atoms with Crippen molar-refractivity contribution in [3.05, 3.63) is 23.5 Å². The minimum atomic E-state index is -0.466. The van der Waals surface area contributed by atoms with Gasteiger partial charge in [0.15, 0.2) is 0 Å². The van der Waals surface area contributed by atoms with E-state index in [9.17, 15) is 4.79 Å². The number of carbonyl (C=O) groups is 1. The molecule has 4 heteroatoms. The van der Waals surface area contributed by atoms with Crippen LogP contribution in [0.15, 0.2) is 12.1 Å². The van der Waals surface area contributed by atoms with Crippen LogP contribution in [0.3, 0.4) is 0 Å². The van der Waals surface area contributed by atoms with Crippen molar-refractivity contribution in [3.8, 4) is 0 Å². The van der Waals surface area contributed by atoms with Crippen LogP contribution < -0.4 is 11.2 Å². The molecule has 0 spiro atoms. The number of nitrogens with one attached hydrogen (secondary N) is 1. The van der Waals surface area contributed by atoms with E-state index >= 15 is 0 Å². The summed E-state index contributed by atoms with van der Waals surface area (Å²) in [6.07, 6.45) is 0. The molecule has 3 N–H and O–H groups in total. The van der Waals surface area contributed by atoms with Gasteiger partial charge >= 0.3 is 0 Å². The maximum Gasteiger partial charge on any atom is 0.255 e. The number of rotatable bonds is 3. The van der Waals surface area contributed by atoms with Gasteiger partial charge in [-0.05, 0) is 31.9 Å². The number of hydrogen-bond donors (Lipinski definition) is 2. The number of amides is 1. The van der Waals surface area contributed by atoms with E-state index in [2.05, 4.69) is 5.43 Å². The van der Waals surface area contributed by atoms with Crippen LogP contribution in [0.4, 0.5) is 0 Å². The van der Waals surface area contributed by atoms with Crippen molar-refractivity contribution in [2.75, 3.05) is 5.43 Å². The Kier molecular flexibility index (Phi) is 3.52. The summed E-state index contributed by atoms with van der Waals surface area (Å²) in [5.74, 6) is -0.00595. The number of carbonyl (C=O) groups excluding carboxylic acids is 1. The fraction of sp³-hybridized carbons (Fsp3) is 0.545. The predicted octanol–water partition coefficient (Wildman–Crippen LogP) is 1.16. The lowest BCUT2D eigenvalue weighted by molar-refractivity contribution is -0.119. The van der Waals surface area contributed by atoms with Crippen LogP contribution in [0.25, 0.3) is 0 Å². The van der Waals surface area contributed by atoms with Gasteiger partial charge in [-0.1, -0.05) is 13.8 Å². The van der Waals surface area contributed by atoms with Gasteiger partial charge in [-0.15, -0.1) is 0 Å². The van der Waals surface area contributed by atoms with Crippen molar-refractivity contribution < 1.29 is 4.79 Å². The first-order valence-corrected chi connectivity index (χ1v) is 5.15. The molecule has 1 atom stereocenters. The van der Waals surface area contributed by atoms with Crippen LogP contribution in [-0.2, 0) is 4.79 Å². The molecule has 0 bridgehead atoms. The lowest BCUT2D eigenvalue weighted by Crippen LogP contribution is -2.43. The summed E-state index contributed by atoms with van der Waals surface area (Å²) >= 11 is 0. The third-order valence-electron chi connectivity index (χ3n) is 2.51. The number of aromatic nitrogens is 1. The SMILES string of the molecule is Cc1ccc(C)n1NC(=O)[C@@H](N)C(C)C. The van der Waals surface area contributed by atoms with Gasteiger partial charge in [0, 0.05) is 11.4 Å². The third-order valence-corrected chi connectivity index (χ3v) is 2.51. The highest BCUT2D eigenvalue weighted by molar-refractivity contribution is 5.88. The molecular weight excluding hydrogens is 190 g/mol. The Morgan fingerprint density at radius 1 is 1.33 bits per heavy atom. The summed E-state index contributed by atoms with van der Waals surface area (Å²) in [7, 11) is 0. The lowest BCUT2D eigenvalue weighted by Gasteiger charge is -2.17. The van der Waals surface area contributed by atoms with E-state index in [4.69, 9.17) is 5.73 Å². The van der Waals surface area contributed by atoms with Gasteiger partial charge in [0.1, 0.15) is 0 Å². The van der Waals surface area contributed by atoms with Gasteiger partial charge in [0.25, 0.3) is 5.91 Å². The van der Waals surface area contributed by atoms with E-state index in [0.717, 1.165) is 11.4 Å². The molecule has 0 unspecified atom stereocenters. The molecule has 0 saturated carbocycles. The largest absolute Gasteiger partial charge is 0.320 e. The number of nitrogens with two attached hydrogens (primary N) is 1. The Balaban J connectivity index is 2.75. The zero-order chi connectivity index (χ0) is 11.6. The second kappa shape index (κ2) is 4.49. The summed E-state index contributed by atoms with van der Waals surface area (Å²) in [5.41, 5.74) is 10.5. The van der Waals surface area contributed by atoms with Crippen LogP contribution >= 0.6 is 0 Å². The van der Waals surface area contributed by atoms with Crippen LogP contribution in [0, 0.1) is 19.8 Å². The average molecular weight is 209 g/mol. The Hall–Kier alpha value is -1.29. The molecular formula is C11H19N3O. The quantitative estimate of drug-likeness (QED) is 0.784. The Morgan fingerprint density at radius 3 is 2.20 bits per heavy atom. The molecule has 4 nitrogen and oxygen atoms in total. The molecule has 1 amide bonds. The highest BCUT2D eigenvalue weighted by atomic mass is 16.2. The number of hydrogen-bond acceptors (Lipinski definition) is 2. The highest BCUT2D eigenvalue weighted by Crippen LogP contribution is 2.05. The van der Waals surface area contributed by atoms with Crippen LogP contribution in [-0.4, -0.2) is 16.6 Å². The molecule has 1 aromatic heterocycles. The van der Waals surface area contributed by atoms with Crippen molar-refractivity contribution >= 4 is 5.91 Å². The van der Waals surface area contributed by atoms with E-state index in [-0.39, 0.29) is 11.8 Å². The standard InChI is InChI=1S/C11H19N3O/c1-7(2)10(12)11(15)13-14-8(3)5-6-9(14)4/h5-7,10H,12H2,1-4H3,(H,13,15)/t10-/m0/s1. The summed E-state index contributed by atoms with van der Waals surface area (Å²) in [5, 5.41) is 0. The first-order valence-electron chi connectivity index (χ1n) is 5.15. The van der Waals surface area contributed by atoms with Crippen LogP contribution in [0.2, 0.25) is 0 Å². The summed E-state index contributed by atoms with van der Waals surface area (Å²) in [6, 6.07) is 3.44. The molecule has 1 aromatic rings. The third kappa shape index (κ3) is 2.59. The fourth-order valence-electron chi connectivity index (χ4n) is 1.33. The van der Waals surface area contributed by atoms with Crippen molar-refractivity contribution in [1.82, 2.24) is 4.68 Å². The van der Waals surface area contributed by atoms with Crippen molar-refractivity contribution in [1.29, 1.82) is 0 Å². The fourth-order valence-corrected chi connectivity index (χ4v) is 1.33. The molecule has 0 aliphatic carbocycles. The van der Waals surface area contributed by atoms with E-state index in [1.807, 2.05) is 39.8 Å². The minimum absolute atomic E-state index is 0.140.